The monoisotopic (exact) mass is 316 g/mol. The maximum absolute atomic E-state index is 5.97. The molecule has 1 heterocycles. The Morgan fingerprint density at radius 2 is 2.35 bits per heavy atom. The van der Waals surface area contributed by atoms with Gasteiger partial charge in [-0.3, -0.25) is 0 Å². The van der Waals surface area contributed by atoms with Crippen molar-refractivity contribution in [1.82, 2.24) is 4.90 Å². The van der Waals surface area contributed by atoms with Gasteiger partial charge in [-0.05, 0) is 66.5 Å². The highest BCUT2D eigenvalue weighted by Gasteiger charge is 2.16. The lowest BCUT2D eigenvalue weighted by molar-refractivity contribution is 0.217. The highest BCUT2D eigenvalue weighted by Crippen LogP contribution is 2.26. The molecule has 17 heavy (non-hydrogen) atoms. The molecule has 4 heteroatoms. The number of anilines is 1. The van der Waals surface area contributed by atoms with Crippen molar-refractivity contribution in [2.24, 2.45) is 5.92 Å². The Balaban J connectivity index is 1.86. The molecular formula is C13H18BrClN2. The molecule has 0 bridgehead atoms. The van der Waals surface area contributed by atoms with Crippen molar-refractivity contribution < 1.29 is 0 Å². The van der Waals surface area contributed by atoms with Crippen LogP contribution in [-0.4, -0.2) is 31.6 Å². The van der Waals surface area contributed by atoms with Gasteiger partial charge >= 0.3 is 0 Å². The summed E-state index contributed by atoms with van der Waals surface area (Å²) in [4.78, 5) is 2.41. The maximum Gasteiger partial charge on any atom is 0.0549 e. The van der Waals surface area contributed by atoms with E-state index in [2.05, 4.69) is 33.2 Å². The van der Waals surface area contributed by atoms with Crippen LogP contribution in [0.5, 0.6) is 0 Å². The lowest BCUT2D eigenvalue weighted by Crippen LogP contribution is -2.35. The average Bonchev–Trinajstić information content (AvgIpc) is 2.31. The van der Waals surface area contributed by atoms with Crippen molar-refractivity contribution >= 4 is 33.2 Å². The SMILES string of the molecule is CN1CCCC(CNc2ccc(Cl)c(Br)c2)C1. The average molecular weight is 318 g/mol. The van der Waals surface area contributed by atoms with Crippen LogP contribution in [0.1, 0.15) is 12.8 Å². The standard InChI is InChI=1S/C13H18BrClN2/c1-17-6-2-3-10(9-17)8-16-11-4-5-13(15)12(14)7-11/h4-5,7,10,16H,2-3,6,8-9H2,1H3. The van der Waals surface area contributed by atoms with E-state index in [9.17, 15) is 0 Å². The van der Waals surface area contributed by atoms with Crippen molar-refractivity contribution in [2.45, 2.75) is 12.8 Å². The molecule has 1 aromatic rings. The molecule has 0 amide bonds. The molecule has 0 radical (unpaired) electrons. The Morgan fingerprint density at radius 1 is 1.53 bits per heavy atom. The summed E-state index contributed by atoms with van der Waals surface area (Å²) in [7, 11) is 2.20. The summed E-state index contributed by atoms with van der Waals surface area (Å²) in [5.41, 5.74) is 1.13. The number of halogens is 2. The van der Waals surface area contributed by atoms with E-state index in [0.29, 0.717) is 0 Å². The van der Waals surface area contributed by atoms with Crippen LogP contribution in [0.25, 0.3) is 0 Å². The highest BCUT2D eigenvalue weighted by atomic mass is 79.9. The largest absolute Gasteiger partial charge is 0.385 e. The Kier molecular flexibility index (Phi) is 4.71. The molecule has 1 aromatic carbocycles. The summed E-state index contributed by atoms with van der Waals surface area (Å²) < 4.78 is 0.949. The second-order valence-corrected chi connectivity index (χ2v) is 6.04. The fourth-order valence-electron chi connectivity index (χ4n) is 2.31. The first-order valence-corrected chi connectivity index (χ1v) is 7.19. The molecular weight excluding hydrogens is 300 g/mol. The van der Waals surface area contributed by atoms with Gasteiger partial charge in [0.15, 0.2) is 0 Å². The van der Waals surface area contributed by atoms with Crippen molar-refractivity contribution in [2.75, 3.05) is 32.0 Å². The molecule has 0 saturated carbocycles. The fraction of sp³-hybridized carbons (Fsp3) is 0.538. The Bertz CT molecular complexity index is 384. The van der Waals surface area contributed by atoms with E-state index < -0.39 is 0 Å². The van der Waals surface area contributed by atoms with Crippen LogP contribution in [0.4, 0.5) is 5.69 Å². The van der Waals surface area contributed by atoms with E-state index in [-0.39, 0.29) is 0 Å². The van der Waals surface area contributed by atoms with Gasteiger partial charge in [-0.2, -0.15) is 0 Å². The van der Waals surface area contributed by atoms with E-state index in [0.717, 1.165) is 27.6 Å². The number of nitrogens with one attached hydrogen (secondary N) is 1. The van der Waals surface area contributed by atoms with Gasteiger partial charge < -0.3 is 10.2 Å². The Hall–Kier alpha value is -0.250. The first kappa shape index (κ1) is 13.2. The van der Waals surface area contributed by atoms with Crippen LogP contribution in [0, 0.1) is 5.92 Å². The normalized spacial score (nSPS) is 21.5. The fourth-order valence-corrected chi connectivity index (χ4v) is 2.80. The zero-order valence-electron chi connectivity index (χ0n) is 10.0. The van der Waals surface area contributed by atoms with E-state index in [1.807, 2.05) is 18.2 Å². The van der Waals surface area contributed by atoms with E-state index >= 15 is 0 Å². The number of hydrogen-bond acceptors (Lipinski definition) is 2. The van der Waals surface area contributed by atoms with Gasteiger partial charge in [0.1, 0.15) is 0 Å². The summed E-state index contributed by atoms with van der Waals surface area (Å²) in [6.07, 6.45) is 2.64. The maximum atomic E-state index is 5.97. The second-order valence-electron chi connectivity index (χ2n) is 4.78. The Labute approximate surface area is 116 Å². The van der Waals surface area contributed by atoms with Crippen LogP contribution in [0.3, 0.4) is 0 Å². The van der Waals surface area contributed by atoms with Crippen LogP contribution >= 0.6 is 27.5 Å². The molecule has 1 aliphatic rings. The minimum absolute atomic E-state index is 0.753. The summed E-state index contributed by atoms with van der Waals surface area (Å²) in [6, 6.07) is 5.98. The number of hydrogen-bond donors (Lipinski definition) is 1. The quantitative estimate of drug-likeness (QED) is 0.911. The van der Waals surface area contributed by atoms with Gasteiger partial charge in [0.25, 0.3) is 0 Å². The molecule has 1 saturated heterocycles. The van der Waals surface area contributed by atoms with Crippen molar-refractivity contribution in [3.05, 3.63) is 27.7 Å². The van der Waals surface area contributed by atoms with Gasteiger partial charge in [0.2, 0.25) is 0 Å². The predicted octanol–water partition coefficient (Wildman–Crippen LogP) is 3.86. The molecule has 1 aliphatic heterocycles. The summed E-state index contributed by atoms with van der Waals surface area (Å²) in [5, 5.41) is 4.25. The van der Waals surface area contributed by atoms with Crippen molar-refractivity contribution in [3.8, 4) is 0 Å². The third-order valence-electron chi connectivity index (χ3n) is 3.24. The predicted molar refractivity (Wildman–Crippen MR) is 77.9 cm³/mol. The zero-order valence-corrected chi connectivity index (χ0v) is 12.4. The van der Waals surface area contributed by atoms with E-state index in [1.165, 1.54) is 25.9 Å². The lowest BCUT2D eigenvalue weighted by Gasteiger charge is -2.30. The summed E-state index contributed by atoms with van der Waals surface area (Å²) in [5.74, 6) is 0.753. The van der Waals surface area contributed by atoms with Crippen molar-refractivity contribution in [1.29, 1.82) is 0 Å². The van der Waals surface area contributed by atoms with Crippen LogP contribution in [-0.2, 0) is 0 Å². The second kappa shape index (κ2) is 6.07. The summed E-state index contributed by atoms with van der Waals surface area (Å²) >= 11 is 9.41. The number of nitrogens with zero attached hydrogens (tertiary/aromatic N) is 1. The van der Waals surface area contributed by atoms with Gasteiger partial charge in [0.05, 0.1) is 5.02 Å². The van der Waals surface area contributed by atoms with Crippen LogP contribution < -0.4 is 5.32 Å². The lowest BCUT2D eigenvalue weighted by atomic mass is 9.98. The number of benzene rings is 1. The molecule has 1 N–H and O–H groups in total. The molecule has 1 unspecified atom stereocenters. The van der Waals surface area contributed by atoms with Gasteiger partial charge in [0, 0.05) is 23.2 Å². The van der Waals surface area contributed by atoms with Crippen molar-refractivity contribution in [3.63, 3.8) is 0 Å². The first-order chi connectivity index (χ1) is 8.15. The molecule has 2 nitrogen and oxygen atoms in total. The van der Waals surface area contributed by atoms with E-state index in [1.54, 1.807) is 0 Å². The number of piperidine rings is 1. The van der Waals surface area contributed by atoms with Crippen LogP contribution in [0.2, 0.25) is 5.02 Å². The Morgan fingerprint density at radius 3 is 3.06 bits per heavy atom. The third kappa shape index (κ3) is 3.87. The first-order valence-electron chi connectivity index (χ1n) is 6.02. The molecule has 0 spiro atoms. The summed E-state index contributed by atoms with van der Waals surface area (Å²) in [6.45, 7) is 3.48. The molecule has 0 aromatic heterocycles. The van der Waals surface area contributed by atoms with Gasteiger partial charge in [-0.25, -0.2) is 0 Å². The molecule has 0 aliphatic carbocycles. The smallest absolute Gasteiger partial charge is 0.0549 e. The van der Waals surface area contributed by atoms with Gasteiger partial charge in [-0.15, -0.1) is 0 Å². The minimum Gasteiger partial charge on any atom is -0.385 e. The zero-order chi connectivity index (χ0) is 12.3. The molecule has 2 rings (SSSR count). The third-order valence-corrected chi connectivity index (χ3v) is 4.45. The van der Waals surface area contributed by atoms with Crippen LogP contribution in [0.15, 0.2) is 22.7 Å². The number of rotatable bonds is 3. The number of likely N-dealkylation sites (tertiary alicyclic amines) is 1. The van der Waals surface area contributed by atoms with Gasteiger partial charge in [-0.1, -0.05) is 11.6 Å². The molecule has 94 valence electrons. The molecule has 1 fully saturated rings. The topological polar surface area (TPSA) is 15.3 Å². The van der Waals surface area contributed by atoms with E-state index in [4.69, 9.17) is 11.6 Å². The molecule has 1 atom stereocenters. The minimum atomic E-state index is 0.753. The highest BCUT2D eigenvalue weighted by molar-refractivity contribution is 9.10.